The van der Waals surface area contributed by atoms with E-state index in [0.717, 1.165) is 27.0 Å². The fraction of sp³-hybridized carbons (Fsp3) is 0.818. The molecular weight excluding hydrogens is 401 g/mol. The van der Waals surface area contributed by atoms with Gasteiger partial charge < -0.3 is 10.4 Å². The highest BCUT2D eigenvalue weighted by Crippen LogP contribution is 2.20. The molecule has 0 heterocycles. The minimum absolute atomic E-state index is 0.0259. The minimum Gasteiger partial charge on any atom is -0.396 e. The third-order valence-electron chi connectivity index (χ3n) is 1.79. The molecule has 130 valence electrons. The molecule has 0 aliphatic heterocycles. The van der Waals surface area contributed by atoms with E-state index in [9.17, 15) is 9.00 Å². The average Bonchev–Trinajstić information content (AvgIpc) is 2.53. The van der Waals surface area contributed by atoms with Gasteiger partial charge >= 0.3 is 0 Å². The van der Waals surface area contributed by atoms with Crippen LogP contribution in [-0.2, 0) is 10.8 Å². The summed E-state index contributed by atoms with van der Waals surface area (Å²) in [5.41, 5.74) is 1.52. The Balaban J connectivity index is 3.19. The lowest BCUT2D eigenvalue weighted by molar-refractivity contribution is 0.261. The first-order valence-electron chi connectivity index (χ1n) is 6.40. The molecule has 1 unspecified atom stereocenters. The highest BCUT2D eigenvalue weighted by atomic mass is 32.2. The summed E-state index contributed by atoms with van der Waals surface area (Å²) in [5, 5.41) is 14.2. The number of aliphatic hydroxyl groups excluding tert-OH is 1. The molecule has 0 bridgehead atoms. The zero-order valence-corrected chi connectivity index (χ0v) is 17.3. The minimum atomic E-state index is -0.909. The second kappa shape index (κ2) is 18.3. The van der Waals surface area contributed by atoms with Gasteiger partial charge in [0.1, 0.15) is 0 Å². The molecule has 1 amide bonds. The largest absolute Gasteiger partial charge is 0.396 e. The standard InChI is InChI=1S/C11H22N2O3S6/c1-2-22(16)7-12-5-17-8-19-10-20-9-18-6-13-11(15)21-4-3-14/h7,14H,2-6,8-10H2,1H3,(H,13,15). The predicted molar refractivity (Wildman–Crippen MR) is 110 cm³/mol. The number of thioether (sulfide) groups is 5. The molecule has 0 aromatic heterocycles. The average molecular weight is 423 g/mol. The molecule has 0 spiro atoms. The van der Waals surface area contributed by atoms with Gasteiger partial charge in [0.05, 0.1) is 34.7 Å². The topological polar surface area (TPSA) is 78.8 Å². The van der Waals surface area contributed by atoms with Crippen molar-refractivity contribution in [2.24, 2.45) is 4.99 Å². The Morgan fingerprint density at radius 1 is 1.23 bits per heavy atom. The quantitative estimate of drug-likeness (QED) is 0.191. The smallest absolute Gasteiger partial charge is 0.279 e. The summed E-state index contributed by atoms with van der Waals surface area (Å²) < 4.78 is 11.1. The van der Waals surface area contributed by atoms with Crippen LogP contribution in [-0.4, -0.2) is 65.2 Å². The van der Waals surface area contributed by atoms with E-state index in [4.69, 9.17) is 5.11 Å². The van der Waals surface area contributed by atoms with E-state index in [1.807, 2.05) is 30.4 Å². The monoisotopic (exact) mass is 422 g/mol. The fourth-order valence-electron chi connectivity index (χ4n) is 0.864. The molecule has 0 radical (unpaired) electrons. The number of aliphatic hydroxyl groups is 1. The van der Waals surface area contributed by atoms with Gasteiger partial charge in [-0.05, 0) is 0 Å². The first-order valence-corrected chi connectivity index (χ1v) is 13.4. The van der Waals surface area contributed by atoms with Crippen LogP contribution in [0.25, 0.3) is 0 Å². The van der Waals surface area contributed by atoms with Crippen LogP contribution in [0.3, 0.4) is 0 Å². The normalized spacial score (nSPS) is 12.6. The Kier molecular flexibility index (Phi) is 19.2. The molecule has 0 rings (SSSR count). The van der Waals surface area contributed by atoms with E-state index < -0.39 is 10.8 Å². The molecule has 0 saturated carbocycles. The fourth-order valence-corrected chi connectivity index (χ4v) is 6.12. The van der Waals surface area contributed by atoms with E-state index in [-0.39, 0.29) is 11.8 Å². The Labute approximate surface area is 156 Å². The third-order valence-corrected chi connectivity index (χ3v) is 8.21. The van der Waals surface area contributed by atoms with E-state index in [2.05, 4.69) is 10.3 Å². The van der Waals surface area contributed by atoms with Gasteiger partial charge in [-0.25, -0.2) is 0 Å². The van der Waals surface area contributed by atoms with Crippen molar-refractivity contribution in [2.75, 3.05) is 45.1 Å². The predicted octanol–water partition coefficient (Wildman–Crippen LogP) is 2.94. The number of nitrogens with one attached hydrogen (secondary N) is 1. The van der Waals surface area contributed by atoms with Crippen LogP contribution in [0.2, 0.25) is 0 Å². The molecule has 0 aromatic rings. The maximum Gasteiger partial charge on any atom is 0.279 e. The Morgan fingerprint density at radius 2 is 1.91 bits per heavy atom. The lowest BCUT2D eigenvalue weighted by atomic mass is 10.9. The number of carbonyl (C=O) groups excluding carboxylic acids is 1. The summed E-state index contributed by atoms with van der Waals surface area (Å²) in [6.45, 7) is 1.90. The molecule has 22 heavy (non-hydrogen) atoms. The number of amides is 1. The van der Waals surface area contributed by atoms with Crippen LogP contribution in [0.5, 0.6) is 0 Å². The second-order valence-electron chi connectivity index (χ2n) is 3.44. The Hall–Kier alpha value is 1.000. The third kappa shape index (κ3) is 17.4. The van der Waals surface area contributed by atoms with Crippen molar-refractivity contribution in [3.63, 3.8) is 0 Å². The molecule has 1 atom stereocenters. The van der Waals surface area contributed by atoms with E-state index in [1.165, 1.54) is 5.55 Å². The van der Waals surface area contributed by atoms with Gasteiger partial charge in [0, 0.05) is 26.8 Å². The first kappa shape index (κ1) is 23.0. The van der Waals surface area contributed by atoms with Crippen molar-refractivity contribution < 1.29 is 14.1 Å². The molecule has 0 aliphatic rings. The van der Waals surface area contributed by atoms with Crippen LogP contribution in [0.4, 0.5) is 4.79 Å². The van der Waals surface area contributed by atoms with Gasteiger partial charge in [-0.1, -0.05) is 18.7 Å². The number of hydrogen-bond donors (Lipinski definition) is 2. The van der Waals surface area contributed by atoms with Crippen molar-refractivity contribution in [3.05, 3.63) is 0 Å². The van der Waals surface area contributed by atoms with Crippen LogP contribution >= 0.6 is 58.8 Å². The number of carbonyl (C=O) groups is 1. The van der Waals surface area contributed by atoms with Gasteiger partial charge in [0.25, 0.3) is 5.24 Å². The van der Waals surface area contributed by atoms with Gasteiger partial charge in [0.2, 0.25) is 0 Å². The molecule has 0 saturated heterocycles. The van der Waals surface area contributed by atoms with E-state index in [1.54, 1.807) is 23.5 Å². The summed E-state index contributed by atoms with van der Waals surface area (Å²) in [6.07, 6.45) is 0. The number of nitrogens with zero attached hydrogens (tertiary/aromatic N) is 1. The Bertz CT molecular complexity index is 333. The SMILES string of the molecule is CCS(=O)C=NCSCSCSCSCNC(=O)SCCO. The lowest BCUT2D eigenvalue weighted by Gasteiger charge is -2.04. The molecule has 0 aliphatic carbocycles. The summed E-state index contributed by atoms with van der Waals surface area (Å²) >= 11 is 8.15. The maximum atomic E-state index is 11.2. The van der Waals surface area contributed by atoms with Gasteiger partial charge in [-0.15, -0.1) is 47.0 Å². The van der Waals surface area contributed by atoms with Crippen molar-refractivity contribution in [2.45, 2.75) is 6.92 Å². The van der Waals surface area contributed by atoms with E-state index >= 15 is 0 Å². The van der Waals surface area contributed by atoms with Crippen molar-refractivity contribution in [1.82, 2.24) is 5.32 Å². The number of rotatable bonds is 14. The molecule has 0 aromatic carbocycles. The van der Waals surface area contributed by atoms with Gasteiger partial charge in [-0.2, -0.15) is 0 Å². The Morgan fingerprint density at radius 3 is 2.59 bits per heavy atom. The zero-order valence-electron chi connectivity index (χ0n) is 12.4. The summed E-state index contributed by atoms with van der Waals surface area (Å²) in [5.74, 6) is 2.33. The summed E-state index contributed by atoms with van der Waals surface area (Å²) in [7, 11) is -0.909. The lowest BCUT2D eigenvalue weighted by Crippen LogP contribution is -2.18. The summed E-state index contributed by atoms with van der Waals surface area (Å²) in [4.78, 5) is 15.3. The molecule has 2 N–H and O–H groups in total. The van der Waals surface area contributed by atoms with E-state index in [0.29, 0.717) is 23.3 Å². The molecule has 0 fully saturated rings. The van der Waals surface area contributed by atoms with Crippen LogP contribution in [0, 0.1) is 0 Å². The number of aliphatic imine (C=N–C) groups is 1. The second-order valence-corrected chi connectivity index (χ2v) is 11.1. The van der Waals surface area contributed by atoms with Gasteiger partial charge in [0.15, 0.2) is 0 Å². The van der Waals surface area contributed by atoms with Gasteiger partial charge in [-0.3, -0.25) is 14.0 Å². The van der Waals surface area contributed by atoms with Crippen LogP contribution in [0.15, 0.2) is 4.99 Å². The zero-order chi connectivity index (χ0) is 16.5. The molecule has 5 nitrogen and oxygen atoms in total. The maximum absolute atomic E-state index is 11.2. The first-order chi connectivity index (χ1) is 10.7. The van der Waals surface area contributed by atoms with Crippen molar-refractivity contribution in [3.8, 4) is 0 Å². The number of hydrogen-bond acceptors (Lipinski definition) is 9. The highest BCUT2D eigenvalue weighted by Gasteiger charge is 2.00. The van der Waals surface area contributed by atoms with Crippen molar-refractivity contribution in [1.29, 1.82) is 0 Å². The van der Waals surface area contributed by atoms with Crippen molar-refractivity contribution >= 4 is 80.4 Å². The van der Waals surface area contributed by atoms with Crippen LogP contribution in [0.1, 0.15) is 6.92 Å². The summed E-state index contributed by atoms with van der Waals surface area (Å²) in [6, 6.07) is 0. The molecule has 11 heteroatoms. The highest BCUT2D eigenvalue weighted by molar-refractivity contribution is 8.26. The van der Waals surface area contributed by atoms with Crippen LogP contribution < -0.4 is 5.32 Å². The molecular formula is C11H22N2O3S6.